The lowest BCUT2D eigenvalue weighted by Crippen LogP contribution is -2.46. The Bertz CT molecular complexity index is 1290. The molecule has 1 aromatic carbocycles. The molecule has 3 aromatic heterocycles. The lowest BCUT2D eigenvalue weighted by Gasteiger charge is -2.41. The van der Waals surface area contributed by atoms with E-state index in [0.29, 0.717) is 57.8 Å². The van der Waals surface area contributed by atoms with Gasteiger partial charge in [-0.25, -0.2) is 0 Å². The molecule has 172 valence electrons. The van der Waals surface area contributed by atoms with E-state index in [1.165, 1.54) is 15.9 Å². The molecule has 0 aliphatic carbocycles. The predicted molar refractivity (Wildman–Crippen MR) is 124 cm³/mol. The lowest BCUT2D eigenvalue weighted by atomic mass is 9.97. The van der Waals surface area contributed by atoms with E-state index in [2.05, 4.69) is 15.0 Å². The van der Waals surface area contributed by atoms with E-state index < -0.39 is 5.79 Å². The fourth-order valence-corrected chi connectivity index (χ4v) is 6.19. The molecule has 1 unspecified atom stereocenters. The quantitative estimate of drug-likeness (QED) is 0.417. The second kappa shape index (κ2) is 8.26. The second-order valence-electron chi connectivity index (χ2n) is 8.11. The second-order valence-corrected chi connectivity index (χ2v) is 9.96. The van der Waals surface area contributed by atoms with Crippen molar-refractivity contribution < 1.29 is 19.0 Å². The zero-order chi connectivity index (χ0) is 22.6. The Kier molecular flexibility index (Phi) is 5.36. The zero-order valence-electron chi connectivity index (χ0n) is 17.4. The number of aromatic hydroxyl groups is 1. The summed E-state index contributed by atoms with van der Waals surface area (Å²) in [4.78, 5) is 8.12. The van der Waals surface area contributed by atoms with Gasteiger partial charge in [-0.3, -0.25) is 4.90 Å². The molecule has 1 atom stereocenters. The highest BCUT2D eigenvalue weighted by Gasteiger charge is 2.42. The van der Waals surface area contributed by atoms with E-state index >= 15 is 0 Å². The van der Waals surface area contributed by atoms with Gasteiger partial charge in [-0.15, -0.1) is 5.10 Å². The summed E-state index contributed by atoms with van der Waals surface area (Å²) in [5, 5.41) is 16.8. The highest BCUT2D eigenvalue weighted by molar-refractivity contribution is 7.17. The molecule has 0 radical (unpaired) electrons. The third kappa shape index (κ3) is 3.73. The third-order valence-corrected chi connectivity index (χ3v) is 7.82. The number of ether oxygens (including phenoxy) is 2. The Balaban J connectivity index is 1.40. The van der Waals surface area contributed by atoms with Gasteiger partial charge in [-0.2, -0.15) is 9.50 Å². The van der Waals surface area contributed by atoms with E-state index in [9.17, 15) is 5.11 Å². The van der Waals surface area contributed by atoms with Crippen LogP contribution in [0.25, 0.3) is 16.5 Å². The molecule has 5 heterocycles. The van der Waals surface area contributed by atoms with Crippen LogP contribution in [0.5, 0.6) is 5.88 Å². The Labute approximate surface area is 203 Å². The smallest absolute Gasteiger partial charge is 0.230 e. The largest absolute Gasteiger partial charge is 0.492 e. The number of likely N-dealkylation sites (tertiary alicyclic amines) is 1. The standard InChI is InChI=1S/C22H20Cl2N4O4S/c23-13-3-4-14(15(24)12-13)17(27-7-5-22(6-8-27)31-10-11-32-22)18-20(29)28-21(33-18)25-19(26-28)16-2-1-9-30-16/h1-4,9,12,17,29H,5-8,10-11H2. The topological polar surface area (TPSA) is 85.3 Å². The summed E-state index contributed by atoms with van der Waals surface area (Å²) in [5.41, 5.74) is 0.858. The van der Waals surface area contributed by atoms with Crippen LogP contribution in [0.2, 0.25) is 10.0 Å². The van der Waals surface area contributed by atoms with Crippen LogP contribution in [-0.2, 0) is 9.47 Å². The molecule has 1 spiro atoms. The molecule has 0 bridgehead atoms. The lowest BCUT2D eigenvalue weighted by molar-refractivity contribution is -0.187. The molecule has 0 saturated carbocycles. The van der Waals surface area contributed by atoms with Gasteiger partial charge >= 0.3 is 0 Å². The number of nitrogens with zero attached hydrogens (tertiary/aromatic N) is 4. The van der Waals surface area contributed by atoms with Crippen LogP contribution in [0.4, 0.5) is 0 Å². The number of halogens is 2. The van der Waals surface area contributed by atoms with Crippen LogP contribution in [0.15, 0.2) is 41.0 Å². The molecule has 4 aromatic rings. The SMILES string of the molecule is Oc1c(C(c2ccc(Cl)cc2Cl)N2CCC3(CC2)OCCO3)sc2nc(-c3ccco3)nn12. The summed E-state index contributed by atoms with van der Waals surface area (Å²) in [7, 11) is 0. The highest BCUT2D eigenvalue weighted by atomic mass is 35.5. The minimum Gasteiger partial charge on any atom is -0.492 e. The van der Waals surface area contributed by atoms with Crippen molar-refractivity contribution in [2.45, 2.75) is 24.7 Å². The normalized spacial score (nSPS) is 19.6. The Morgan fingerprint density at radius 1 is 1.12 bits per heavy atom. The maximum absolute atomic E-state index is 11.2. The maximum Gasteiger partial charge on any atom is 0.230 e. The first-order chi connectivity index (χ1) is 16.0. The number of aromatic nitrogens is 3. The summed E-state index contributed by atoms with van der Waals surface area (Å²) < 4.78 is 18.6. The molecular formula is C22H20Cl2N4O4S. The molecule has 1 N–H and O–H groups in total. The summed E-state index contributed by atoms with van der Waals surface area (Å²) >= 11 is 14.2. The third-order valence-electron chi connectivity index (χ3n) is 6.19. The van der Waals surface area contributed by atoms with Gasteiger partial charge in [-0.1, -0.05) is 40.6 Å². The van der Waals surface area contributed by atoms with Crippen LogP contribution >= 0.6 is 34.5 Å². The minimum atomic E-state index is -0.504. The molecule has 2 aliphatic rings. The summed E-state index contributed by atoms with van der Waals surface area (Å²) in [6, 6.07) is 8.70. The van der Waals surface area contributed by atoms with Crippen LogP contribution in [0, 0.1) is 0 Å². The van der Waals surface area contributed by atoms with Crippen molar-refractivity contribution in [3.63, 3.8) is 0 Å². The van der Waals surface area contributed by atoms with Gasteiger partial charge in [0, 0.05) is 36.0 Å². The van der Waals surface area contributed by atoms with E-state index in [0.717, 1.165) is 18.4 Å². The van der Waals surface area contributed by atoms with Crippen molar-refractivity contribution in [1.29, 1.82) is 0 Å². The number of rotatable bonds is 4. The number of fused-ring (bicyclic) bond motifs is 1. The number of thiazole rings is 1. The number of furan rings is 1. The van der Waals surface area contributed by atoms with Gasteiger partial charge in [0.2, 0.25) is 16.7 Å². The van der Waals surface area contributed by atoms with Gasteiger partial charge in [0.25, 0.3) is 0 Å². The zero-order valence-corrected chi connectivity index (χ0v) is 19.7. The average Bonchev–Trinajstić information content (AvgIpc) is 3.59. The fourth-order valence-electron chi connectivity index (χ4n) is 4.57. The van der Waals surface area contributed by atoms with Crippen LogP contribution in [0.3, 0.4) is 0 Å². The number of hydrogen-bond acceptors (Lipinski definition) is 8. The van der Waals surface area contributed by atoms with Gasteiger partial charge in [0.1, 0.15) is 0 Å². The van der Waals surface area contributed by atoms with Crippen LogP contribution in [0.1, 0.15) is 29.3 Å². The van der Waals surface area contributed by atoms with Crippen molar-refractivity contribution in [2.75, 3.05) is 26.3 Å². The molecule has 33 heavy (non-hydrogen) atoms. The fraction of sp³-hybridized carbons (Fsp3) is 0.364. The first-order valence-corrected chi connectivity index (χ1v) is 12.2. The molecule has 0 amide bonds. The van der Waals surface area contributed by atoms with Gasteiger partial charge in [-0.05, 0) is 29.8 Å². The number of piperidine rings is 1. The molecule has 6 rings (SSSR count). The Hall–Kier alpha value is -2.14. The van der Waals surface area contributed by atoms with Crippen LogP contribution < -0.4 is 0 Å². The van der Waals surface area contributed by atoms with Crippen LogP contribution in [-0.4, -0.2) is 56.7 Å². The molecule has 8 nitrogen and oxygen atoms in total. The molecule has 11 heteroatoms. The van der Waals surface area contributed by atoms with E-state index in [1.54, 1.807) is 24.5 Å². The van der Waals surface area contributed by atoms with Crippen molar-refractivity contribution in [3.05, 3.63) is 57.1 Å². The Morgan fingerprint density at radius 3 is 2.58 bits per heavy atom. The Morgan fingerprint density at radius 2 is 1.91 bits per heavy atom. The summed E-state index contributed by atoms with van der Waals surface area (Å²) in [5.74, 6) is 0.493. The number of benzene rings is 1. The minimum absolute atomic E-state index is 0.0324. The average molecular weight is 507 g/mol. The first kappa shape index (κ1) is 21.4. The summed E-state index contributed by atoms with van der Waals surface area (Å²) in [6.07, 6.45) is 3.03. The van der Waals surface area contributed by atoms with Crippen molar-refractivity contribution >= 4 is 39.5 Å². The van der Waals surface area contributed by atoms with Gasteiger partial charge in [0.05, 0.1) is 30.4 Å². The summed E-state index contributed by atoms with van der Waals surface area (Å²) in [6.45, 7) is 2.68. The molecule has 2 aliphatic heterocycles. The van der Waals surface area contributed by atoms with Gasteiger partial charge < -0.3 is 19.0 Å². The molecule has 2 fully saturated rings. The first-order valence-electron chi connectivity index (χ1n) is 10.6. The van der Waals surface area contributed by atoms with Crippen molar-refractivity contribution in [2.24, 2.45) is 0 Å². The van der Waals surface area contributed by atoms with E-state index in [1.807, 2.05) is 12.1 Å². The van der Waals surface area contributed by atoms with Gasteiger partial charge in [0.15, 0.2) is 11.5 Å². The monoisotopic (exact) mass is 506 g/mol. The van der Waals surface area contributed by atoms with E-state index in [4.69, 9.17) is 37.1 Å². The van der Waals surface area contributed by atoms with Crippen molar-refractivity contribution in [3.8, 4) is 17.5 Å². The molecule has 2 saturated heterocycles. The number of hydrogen-bond donors (Lipinski definition) is 1. The highest BCUT2D eigenvalue weighted by Crippen LogP contribution is 2.45. The van der Waals surface area contributed by atoms with Crippen molar-refractivity contribution in [1.82, 2.24) is 19.5 Å². The molecular weight excluding hydrogens is 487 g/mol. The predicted octanol–water partition coefficient (Wildman–Crippen LogP) is 4.99. The van der Waals surface area contributed by atoms with E-state index in [-0.39, 0.29) is 11.9 Å². The maximum atomic E-state index is 11.2.